The van der Waals surface area contributed by atoms with Gasteiger partial charge in [-0.2, -0.15) is 0 Å². The lowest BCUT2D eigenvalue weighted by Crippen LogP contribution is -1.96. The van der Waals surface area contributed by atoms with Crippen molar-refractivity contribution in [1.82, 2.24) is 0 Å². The molecule has 0 amide bonds. The van der Waals surface area contributed by atoms with Crippen molar-refractivity contribution in [2.45, 2.75) is 6.92 Å². The number of benzene rings is 2. The smallest absolute Gasteiger partial charge is 0.120 e. The van der Waals surface area contributed by atoms with Gasteiger partial charge in [-0.1, -0.05) is 50.6 Å². The summed E-state index contributed by atoms with van der Waals surface area (Å²) in [6.07, 6.45) is 0. The van der Waals surface area contributed by atoms with Crippen LogP contribution in [0.1, 0.15) is 6.92 Å². The first-order chi connectivity index (χ1) is 9.47. The third-order valence-electron chi connectivity index (χ3n) is 2.09. The van der Waals surface area contributed by atoms with Gasteiger partial charge in [-0.25, -0.2) is 0 Å². The minimum absolute atomic E-state index is 0.291. The predicted octanol–water partition coefficient (Wildman–Crippen LogP) is 5.56. The maximum absolute atomic E-state index is 8.78. The molecule has 0 unspecified atom stereocenters. The number of rotatable bonds is 3. The van der Waals surface area contributed by atoms with Gasteiger partial charge >= 0.3 is 0 Å². The van der Waals surface area contributed by atoms with Crippen LogP contribution in [0.3, 0.4) is 0 Å². The van der Waals surface area contributed by atoms with E-state index in [-0.39, 0.29) is 0 Å². The van der Waals surface area contributed by atoms with E-state index in [1.165, 1.54) is 0 Å². The normalized spacial score (nSPS) is 9.35. The van der Waals surface area contributed by atoms with Crippen LogP contribution >= 0.6 is 31.9 Å². The molecule has 0 aliphatic rings. The molecule has 0 aliphatic heterocycles. The molecular formula is C16H16Br2O2. The topological polar surface area (TPSA) is 29.5 Å². The summed E-state index contributed by atoms with van der Waals surface area (Å²) in [5.41, 5.74) is 1.02. The molecule has 0 heterocycles. The Kier molecular flexibility index (Phi) is 7.41. The summed E-state index contributed by atoms with van der Waals surface area (Å²) >= 11 is 6.57. The molecule has 20 heavy (non-hydrogen) atoms. The molecule has 0 aliphatic carbocycles. The van der Waals surface area contributed by atoms with E-state index in [4.69, 9.17) is 9.84 Å². The fraction of sp³-hybridized carbons (Fsp3) is 0.125. The number of phenols is 1. The van der Waals surface area contributed by atoms with E-state index in [2.05, 4.69) is 38.4 Å². The monoisotopic (exact) mass is 398 g/mol. The maximum Gasteiger partial charge on any atom is 0.120 e. The van der Waals surface area contributed by atoms with Crippen LogP contribution in [0.5, 0.6) is 11.5 Å². The Balaban J connectivity index is 0.000000217. The fourth-order valence-electron chi connectivity index (χ4n) is 1.24. The van der Waals surface area contributed by atoms with E-state index < -0.39 is 0 Å². The molecule has 1 N–H and O–H groups in total. The number of phenolic OH excluding ortho intramolecular Hbond substituents is 1. The van der Waals surface area contributed by atoms with Crippen LogP contribution in [0, 0.1) is 0 Å². The van der Waals surface area contributed by atoms with Crippen LogP contribution < -0.4 is 4.74 Å². The third-order valence-corrected chi connectivity index (χ3v) is 3.08. The highest BCUT2D eigenvalue weighted by atomic mass is 79.9. The Morgan fingerprint density at radius 1 is 1.10 bits per heavy atom. The van der Waals surface area contributed by atoms with Crippen molar-refractivity contribution < 1.29 is 9.84 Å². The fourth-order valence-corrected chi connectivity index (χ4v) is 2.00. The molecule has 2 nitrogen and oxygen atoms in total. The Hall–Kier alpha value is -1.26. The Bertz CT molecular complexity index is 551. The summed E-state index contributed by atoms with van der Waals surface area (Å²) < 4.78 is 7.35. The van der Waals surface area contributed by atoms with Crippen LogP contribution in [-0.2, 0) is 0 Å². The molecule has 4 heteroatoms. The molecule has 2 rings (SSSR count). The molecule has 106 valence electrons. The first-order valence-electron chi connectivity index (χ1n) is 5.94. The summed E-state index contributed by atoms with van der Waals surface area (Å²) in [7, 11) is 0. The standard InChI is InChI=1S/C10H11BrO.C6H5BrO/c1-8(2)7-12-10-5-3-4-9(11)6-10;7-5-2-1-3-6(8)4-5/h3-6H,1,7H2,2H3;1-4,8H. The van der Waals surface area contributed by atoms with Crippen LogP contribution in [0.15, 0.2) is 69.6 Å². The average molecular weight is 400 g/mol. The van der Waals surface area contributed by atoms with Gasteiger partial charge in [0.25, 0.3) is 0 Å². The van der Waals surface area contributed by atoms with Gasteiger partial charge in [-0.3, -0.25) is 0 Å². The molecule has 0 aromatic heterocycles. The SMILES string of the molecule is C=C(C)COc1cccc(Br)c1.Oc1cccc(Br)c1. The number of ether oxygens (including phenoxy) is 1. The van der Waals surface area contributed by atoms with Gasteiger partial charge in [0.1, 0.15) is 18.1 Å². The van der Waals surface area contributed by atoms with E-state index in [0.29, 0.717) is 12.4 Å². The highest BCUT2D eigenvalue weighted by Gasteiger charge is 1.93. The zero-order valence-corrected chi connectivity index (χ0v) is 14.3. The zero-order valence-electron chi connectivity index (χ0n) is 11.1. The lowest BCUT2D eigenvalue weighted by Gasteiger charge is -2.04. The summed E-state index contributed by atoms with van der Waals surface area (Å²) in [5.74, 6) is 1.16. The van der Waals surface area contributed by atoms with Crippen molar-refractivity contribution >= 4 is 31.9 Å². The average Bonchev–Trinajstić information content (AvgIpc) is 2.37. The highest BCUT2D eigenvalue weighted by molar-refractivity contribution is 9.10. The maximum atomic E-state index is 8.78. The molecule has 0 fully saturated rings. The third kappa shape index (κ3) is 7.36. The van der Waals surface area contributed by atoms with Crippen LogP contribution in [-0.4, -0.2) is 11.7 Å². The van der Waals surface area contributed by atoms with E-state index >= 15 is 0 Å². The van der Waals surface area contributed by atoms with Crippen LogP contribution in [0.25, 0.3) is 0 Å². The van der Waals surface area contributed by atoms with E-state index in [1.807, 2.05) is 37.3 Å². The van der Waals surface area contributed by atoms with Gasteiger partial charge in [-0.15, -0.1) is 0 Å². The number of hydrogen-bond donors (Lipinski definition) is 1. The molecule has 0 radical (unpaired) electrons. The van der Waals surface area contributed by atoms with Crippen LogP contribution in [0.2, 0.25) is 0 Å². The zero-order chi connectivity index (χ0) is 15.0. The molecular weight excluding hydrogens is 384 g/mol. The van der Waals surface area contributed by atoms with Crippen molar-refractivity contribution in [3.05, 3.63) is 69.6 Å². The van der Waals surface area contributed by atoms with Gasteiger partial charge in [0.15, 0.2) is 0 Å². The van der Waals surface area contributed by atoms with E-state index in [1.54, 1.807) is 18.2 Å². The second-order valence-corrected chi connectivity index (χ2v) is 6.01. The van der Waals surface area contributed by atoms with Gasteiger partial charge in [-0.05, 0) is 48.9 Å². The van der Waals surface area contributed by atoms with Gasteiger partial charge < -0.3 is 9.84 Å². The van der Waals surface area contributed by atoms with Crippen molar-refractivity contribution in [2.24, 2.45) is 0 Å². The van der Waals surface area contributed by atoms with Crippen molar-refractivity contribution in [3.8, 4) is 11.5 Å². The molecule has 0 spiro atoms. The molecule has 0 saturated heterocycles. The Labute approximate surface area is 136 Å². The molecule has 2 aromatic carbocycles. The summed E-state index contributed by atoms with van der Waals surface area (Å²) in [6, 6.07) is 14.7. The second-order valence-electron chi connectivity index (χ2n) is 4.18. The number of hydrogen-bond acceptors (Lipinski definition) is 2. The predicted molar refractivity (Wildman–Crippen MR) is 90.3 cm³/mol. The highest BCUT2D eigenvalue weighted by Crippen LogP contribution is 2.18. The summed E-state index contributed by atoms with van der Waals surface area (Å²) in [4.78, 5) is 0. The molecule has 0 saturated carbocycles. The lowest BCUT2D eigenvalue weighted by atomic mass is 10.3. The largest absolute Gasteiger partial charge is 0.508 e. The van der Waals surface area contributed by atoms with Crippen molar-refractivity contribution in [2.75, 3.05) is 6.61 Å². The molecule has 0 atom stereocenters. The summed E-state index contributed by atoms with van der Waals surface area (Å²) in [6.45, 7) is 6.28. The Morgan fingerprint density at radius 3 is 2.15 bits per heavy atom. The van der Waals surface area contributed by atoms with Gasteiger partial charge in [0, 0.05) is 8.95 Å². The minimum atomic E-state index is 0.291. The minimum Gasteiger partial charge on any atom is -0.508 e. The van der Waals surface area contributed by atoms with Crippen molar-refractivity contribution in [3.63, 3.8) is 0 Å². The van der Waals surface area contributed by atoms with Gasteiger partial charge in [0.2, 0.25) is 0 Å². The quantitative estimate of drug-likeness (QED) is 0.684. The Morgan fingerprint density at radius 2 is 1.70 bits per heavy atom. The number of aromatic hydroxyl groups is 1. The second kappa shape index (κ2) is 8.82. The van der Waals surface area contributed by atoms with E-state index in [0.717, 1.165) is 20.3 Å². The summed E-state index contributed by atoms with van der Waals surface area (Å²) in [5, 5.41) is 8.78. The number of halogens is 2. The lowest BCUT2D eigenvalue weighted by molar-refractivity contribution is 0.352. The first-order valence-corrected chi connectivity index (χ1v) is 7.53. The molecule has 2 aromatic rings. The van der Waals surface area contributed by atoms with Crippen LogP contribution in [0.4, 0.5) is 0 Å². The molecule has 0 bridgehead atoms. The van der Waals surface area contributed by atoms with E-state index in [9.17, 15) is 0 Å². The van der Waals surface area contributed by atoms with Crippen molar-refractivity contribution in [1.29, 1.82) is 0 Å². The van der Waals surface area contributed by atoms with Gasteiger partial charge in [0.05, 0.1) is 0 Å². The first kappa shape index (κ1) is 16.8.